The third-order valence-electron chi connectivity index (χ3n) is 5.38. The highest BCUT2D eigenvalue weighted by Gasteiger charge is 2.50. The van der Waals surface area contributed by atoms with E-state index in [0.29, 0.717) is 33.4 Å². The first-order valence-electron chi connectivity index (χ1n) is 9.73. The second-order valence-electron chi connectivity index (χ2n) is 7.25. The first-order chi connectivity index (χ1) is 15.4. The fourth-order valence-electron chi connectivity index (χ4n) is 3.96. The smallest absolute Gasteiger partial charge is 0.375 e. The zero-order valence-electron chi connectivity index (χ0n) is 16.8. The minimum Gasteiger partial charge on any atom is -0.375 e. The van der Waals surface area contributed by atoms with Crippen LogP contribution in [0.1, 0.15) is 21.5 Å². The number of hydrogen-bond donors (Lipinski definition) is 3. The third-order valence-corrected chi connectivity index (χ3v) is 6.05. The van der Waals surface area contributed by atoms with Gasteiger partial charge in [0.1, 0.15) is 0 Å². The van der Waals surface area contributed by atoms with E-state index in [1.807, 2.05) is 18.2 Å². The second-order valence-corrected chi connectivity index (χ2v) is 8.50. The van der Waals surface area contributed by atoms with E-state index in [4.69, 9.17) is 4.74 Å². The van der Waals surface area contributed by atoms with Crippen LogP contribution >= 0.6 is 22.6 Å². The Morgan fingerprint density at radius 1 is 1.16 bits per heavy atom. The van der Waals surface area contributed by atoms with Crippen LogP contribution in [0.15, 0.2) is 66.7 Å². The predicted molar refractivity (Wildman–Crippen MR) is 127 cm³/mol. The molecule has 2 amide bonds. The van der Waals surface area contributed by atoms with E-state index in [1.165, 1.54) is 11.9 Å². The maximum atomic E-state index is 13.4. The highest BCUT2D eigenvalue weighted by molar-refractivity contribution is 14.1. The van der Waals surface area contributed by atoms with Crippen LogP contribution in [0.5, 0.6) is 6.01 Å². The van der Waals surface area contributed by atoms with Crippen molar-refractivity contribution in [2.45, 2.75) is 5.72 Å². The van der Waals surface area contributed by atoms with Crippen LogP contribution in [-0.2, 0) is 5.72 Å². The lowest BCUT2D eigenvalue weighted by Crippen LogP contribution is -2.45. The average molecular weight is 540 g/mol. The van der Waals surface area contributed by atoms with Crippen LogP contribution < -0.4 is 15.0 Å². The van der Waals surface area contributed by atoms with Crippen molar-refractivity contribution in [3.05, 3.63) is 87.0 Å². The fourth-order valence-corrected chi connectivity index (χ4v) is 4.48. The molecule has 160 valence electrons. The zero-order chi connectivity index (χ0) is 22.5. The fraction of sp³-hybridized carbons (Fsp3) is 0.0870. The molecule has 1 aliphatic rings. The largest absolute Gasteiger partial charge is 0.414 e. The number of hydrogen-bond acceptors (Lipinski definition) is 5. The van der Waals surface area contributed by atoms with Gasteiger partial charge in [0.25, 0.3) is 5.91 Å². The molecule has 1 aromatic heterocycles. The van der Waals surface area contributed by atoms with Gasteiger partial charge >= 0.3 is 12.1 Å². The van der Waals surface area contributed by atoms with Crippen LogP contribution in [-0.4, -0.2) is 34.1 Å². The lowest BCUT2D eigenvalue weighted by atomic mass is 9.93. The first-order valence-corrected chi connectivity index (χ1v) is 10.8. The minimum atomic E-state index is -1.74. The number of rotatable bonds is 3. The van der Waals surface area contributed by atoms with Crippen molar-refractivity contribution in [1.82, 2.24) is 15.3 Å². The number of nitrogens with one attached hydrogen (secondary N) is 2. The molecule has 32 heavy (non-hydrogen) atoms. The number of H-pyrrole nitrogens is 1. The minimum absolute atomic E-state index is 0.0286. The molecule has 0 fully saturated rings. The monoisotopic (exact) mass is 540 g/mol. The normalized spacial score (nSPS) is 17.5. The van der Waals surface area contributed by atoms with Crippen molar-refractivity contribution in [2.24, 2.45) is 0 Å². The standard InChI is InChI=1S/C23H17IN4O4/c1-25-22(30)32-21-26-18-10-9-13(11-19(18)27-21)23(31)17-8-3-2-7-16(17)20(29)28(23)15-6-4-5-14(24)12-15/h2-12,31H,1H3,(H,25,30)(H,26,27). The Kier molecular flexibility index (Phi) is 4.86. The van der Waals surface area contributed by atoms with Gasteiger partial charge in [0.2, 0.25) is 0 Å². The molecule has 4 aromatic rings. The van der Waals surface area contributed by atoms with E-state index in [2.05, 4.69) is 37.9 Å². The number of aliphatic hydroxyl groups is 1. The summed E-state index contributed by atoms with van der Waals surface area (Å²) in [5.41, 5.74) is 1.33. The maximum Gasteiger partial charge on any atom is 0.414 e. The number of aromatic amines is 1. The molecule has 0 bridgehead atoms. The maximum absolute atomic E-state index is 13.4. The van der Waals surface area contributed by atoms with Crippen molar-refractivity contribution in [3.63, 3.8) is 0 Å². The summed E-state index contributed by atoms with van der Waals surface area (Å²) in [6.45, 7) is 0. The molecule has 1 aliphatic heterocycles. The molecule has 5 rings (SSSR count). The Labute approximate surface area is 196 Å². The number of halogens is 1. The molecular weight excluding hydrogens is 523 g/mol. The molecule has 1 atom stereocenters. The van der Waals surface area contributed by atoms with E-state index >= 15 is 0 Å². The van der Waals surface area contributed by atoms with Crippen molar-refractivity contribution in [2.75, 3.05) is 11.9 Å². The Bertz CT molecular complexity index is 1390. The SMILES string of the molecule is CNC(=O)Oc1nc2ccc(C3(O)c4ccccc4C(=O)N3c3cccc(I)c3)cc2[nH]1. The van der Waals surface area contributed by atoms with Crippen LogP contribution in [0.3, 0.4) is 0 Å². The number of aromatic nitrogens is 2. The van der Waals surface area contributed by atoms with Gasteiger partial charge in [-0.3, -0.25) is 9.69 Å². The van der Waals surface area contributed by atoms with E-state index in [1.54, 1.807) is 48.5 Å². The summed E-state index contributed by atoms with van der Waals surface area (Å²) in [5.74, 6) is -0.293. The highest BCUT2D eigenvalue weighted by Crippen LogP contribution is 2.45. The molecule has 0 radical (unpaired) electrons. The number of carbonyl (C=O) groups is 2. The summed E-state index contributed by atoms with van der Waals surface area (Å²) < 4.78 is 6.01. The van der Waals surface area contributed by atoms with Crippen LogP contribution in [0.25, 0.3) is 11.0 Å². The Balaban J connectivity index is 1.68. The molecule has 8 nitrogen and oxygen atoms in total. The number of amides is 2. The van der Waals surface area contributed by atoms with E-state index in [9.17, 15) is 14.7 Å². The molecular formula is C23H17IN4O4. The molecule has 3 aromatic carbocycles. The lowest BCUT2D eigenvalue weighted by Gasteiger charge is -2.35. The van der Waals surface area contributed by atoms with Crippen molar-refractivity contribution < 1.29 is 19.4 Å². The summed E-state index contributed by atoms with van der Waals surface area (Å²) in [6.07, 6.45) is -0.650. The summed E-state index contributed by atoms with van der Waals surface area (Å²) >= 11 is 2.17. The molecule has 2 heterocycles. The van der Waals surface area contributed by atoms with Crippen LogP contribution in [0, 0.1) is 3.57 Å². The predicted octanol–water partition coefficient (Wildman–Crippen LogP) is 3.74. The van der Waals surface area contributed by atoms with E-state index < -0.39 is 11.8 Å². The number of carbonyl (C=O) groups excluding carboxylic acids is 2. The zero-order valence-corrected chi connectivity index (χ0v) is 19.0. The van der Waals surface area contributed by atoms with Gasteiger partial charge in [-0.2, -0.15) is 4.98 Å². The first kappa shape index (κ1) is 20.5. The quantitative estimate of drug-likeness (QED) is 0.344. The summed E-state index contributed by atoms with van der Waals surface area (Å²) in [7, 11) is 1.45. The lowest BCUT2D eigenvalue weighted by molar-refractivity contribution is 0.0704. The van der Waals surface area contributed by atoms with Gasteiger partial charge in [-0.25, -0.2) is 4.79 Å². The molecule has 0 saturated carbocycles. The number of imidazole rings is 1. The van der Waals surface area contributed by atoms with Gasteiger partial charge in [-0.05, 0) is 59.0 Å². The van der Waals surface area contributed by atoms with Crippen molar-refractivity contribution in [1.29, 1.82) is 0 Å². The highest BCUT2D eigenvalue weighted by atomic mass is 127. The Morgan fingerprint density at radius 2 is 1.97 bits per heavy atom. The van der Waals surface area contributed by atoms with Crippen molar-refractivity contribution in [3.8, 4) is 6.01 Å². The van der Waals surface area contributed by atoms with E-state index in [0.717, 1.165) is 3.57 Å². The number of anilines is 1. The van der Waals surface area contributed by atoms with Gasteiger partial charge in [-0.1, -0.05) is 30.3 Å². The molecule has 3 N–H and O–H groups in total. The van der Waals surface area contributed by atoms with Crippen LogP contribution in [0.2, 0.25) is 0 Å². The molecule has 0 aliphatic carbocycles. The number of benzene rings is 3. The van der Waals surface area contributed by atoms with E-state index in [-0.39, 0.29) is 11.9 Å². The number of ether oxygens (including phenoxy) is 1. The van der Waals surface area contributed by atoms with Gasteiger partial charge in [0.05, 0.1) is 11.0 Å². The van der Waals surface area contributed by atoms with Gasteiger partial charge in [0.15, 0.2) is 5.72 Å². The Morgan fingerprint density at radius 3 is 2.75 bits per heavy atom. The average Bonchev–Trinajstić information content (AvgIpc) is 3.29. The molecule has 0 spiro atoms. The Hall–Kier alpha value is -3.44. The van der Waals surface area contributed by atoms with Crippen molar-refractivity contribution >= 4 is 51.3 Å². The third kappa shape index (κ3) is 3.12. The second kappa shape index (κ2) is 7.61. The molecule has 1 unspecified atom stereocenters. The summed E-state index contributed by atoms with van der Waals surface area (Å²) in [5, 5.41) is 14.5. The summed E-state index contributed by atoms with van der Waals surface area (Å²) in [4.78, 5) is 33.5. The number of nitrogens with zero attached hydrogens (tertiary/aromatic N) is 2. The molecule has 9 heteroatoms. The molecule has 0 saturated heterocycles. The van der Waals surface area contributed by atoms with Crippen LogP contribution in [0.4, 0.5) is 10.5 Å². The summed E-state index contributed by atoms with van der Waals surface area (Å²) in [6, 6.07) is 19.6. The van der Waals surface area contributed by atoms with Gasteiger partial charge in [-0.15, -0.1) is 0 Å². The van der Waals surface area contributed by atoms with Gasteiger partial charge in [0, 0.05) is 33.0 Å². The number of fused-ring (bicyclic) bond motifs is 2. The van der Waals surface area contributed by atoms with Gasteiger partial charge < -0.3 is 20.1 Å². The topological polar surface area (TPSA) is 108 Å².